The highest BCUT2D eigenvalue weighted by molar-refractivity contribution is 5.86. The van der Waals surface area contributed by atoms with Gasteiger partial charge in [0, 0.05) is 0 Å². The molecule has 0 aliphatic rings. The third-order valence-electron chi connectivity index (χ3n) is 3.96. The Kier molecular flexibility index (Phi) is 8.79. The van der Waals surface area contributed by atoms with Crippen LogP contribution < -0.4 is 10.1 Å². The molecule has 1 N–H and O–H groups in total. The number of carbonyl (C=O) groups is 3. The molecule has 0 unspecified atom stereocenters. The molecule has 0 aromatic heterocycles. The fourth-order valence-electron chi connectivity index (χ4n) is 2.13. The molecule has 27 heavy (non-hydrogen) atoms. The first-order valence-corrected chi connectivity index (χ1v) is 8.53. The van der Waals surface area contributed by atoms with Crippen molar-refractivity contribution in [3.8, 4) is 11.8 Å². The highest BCUT2D eigenvalue weighted by Gasteiger charge is 2.27. The monoisotopic (exact) mass is 376 g/mol. The number of hydrogen-bond donors (Lipinski definition) is 1. The highest BCUT2D eigenvalue weighted by atomic mass is 16.6. The number of nitrogens with zero attached hydrogens (tertiary/aromatic N) is 1. The minimum atomic E-state index is -0.947. The second kappa shape index (κ2) is 10.8. The summed E-state index contributed by atoms with van der Waals surface area (Å²) in [5, 5.41) is 11.3. The van der Waals surface area contributed by atoms with Gasteiger partial charge in [0.15, 0.2) is 12.7 Å². The average Bonchev–Trinajstić information content (AvgIpc) is 2.69. The van der Waals surface area contributed by atoms with Gasteiger partial charge >= 0.3 is 11.9 Å². The molecule has 146 valence electrons. The molecule has 0 spiro atoms. The van der Waals surface area contributed by atoms with Gasteiger partial charge in [0.2, 0.25) is 0 Å². The summed E-state index contributed by atoms with van der Waals surface area (Å²) in [7, 11) is 1.24. The van der Waals surface area contributed by atoms with E-state index in [9.17, 15) is 14.4 Å². The summed E-state index contributed by atoms with van der Waals surface area (Å²) < 4.78 is 15.0. The summed E-state index contributed by atoms with van der Waals surface area (Å²) in [6.45, 7) is 4.63. The van der Waals surface area contributed by atoms with Crippen LogP contribution in [-0.2, 0) is 23.9 Å². The third-order valence-corrected chi connectivity index (χ3v) is 3.96. The molecule has 0 saturated heterocycles. The first-order chi connectivity index (χ1) is 12.8. The lowest BCUT2D eigenvalue weighted by Gasteiger charge is -2.22. The van der Waals surface area contributed by atoms with Crippen molar-refractivity contribution in [2.45, 2.75) is 39.3 Å². The van der Waals surface area contributed by atoms with Crippen molar-refractivity contribution in [1.82, 2.24) is 5.32 Å². The van der Waals surface area contributed by atoms with Crippen LogP contribution in [0, 0.1) is 17.2 Å². The first kappa shape index (κ1) is 22.0. The van der Waals surface area contributed by atoms with Gasteiger partial charge in [-0.25, -0.2) is 9.59 Å². The van der Waals surface area contributed by atoms with E-state index < -0.39 is 36.6 Å². The fourth-order valence-corrected chi connectivity index (χ4v) is 2.13. The normalized spacial score (nSPS) is 13.4. The molecule has 0 aliphatic carbocycles. The average molecular weight is 376 g/mol. The van der Waals surface area contributed by atoms with E-state index >= 15 is 0 Å². The number of hydrogen-bond acceptors (Lipinski definition) is 7. The van der Waals surface area contributed by atoms with E-state index in [0.717, 1.165) is 0 Å². The Hall–Kier alpha value is -3.08. The summed E-state index contributed by atoms with van der Waals surface area (Å²) in [6, 6.07) is 7.40. The molecule has 0 radical (unpaired) electrons. The van der Waals surface area contributed by atoms with Crippen molar-refractivity contribution in [2.75, 3.05) is 13.7 Å². The fraction of sp³-hybridized carbons (Fsp3) is 0.474. The number of methoxy groups -OCH3 is 1. The second-order valence-corrected chi connectivity index (χ2v) is 5.96. The van der Waals surface area contributed by atoms with Crippen molar-refractivity contribution in [2.24, 2.45) is 5.92 Å². The number of benzene rings is 1. The van der Waals surface area contributed by atoms with Crippen LogP contribution in [0.15, 0.2) is 24.3 Å². The molecule has 8 nitrogen and oxygen atoms in total. The van der Waals surface area contributed by atoms with Crippen LogP contribution in [0.5, 0.6) is 5.75 Å². The second-order valence-electron chi connectivity index (χ2n) is 5.96. The third kappa shape index (κ3) is 6.98. The molecular weight excluding hydrogens is 352 g/mol. The lowest BCUT2D eigenvalue weighted by atomic mass is 9.99. The topological polar surface area (TPSA) is 115 Å². The van der Waals surface area contributed by atoms with Crippen LogP contribution in [0.1, 0.15) is 32.8 Å². The van der Waals surface area contributed by atoms with Gasteiger partial charge in [0.25, 0.3) is 5.91 Å². The van der Waals surface area contributed by atoms with Crippen LogP contribution in [0.25, 0.3) is 0 Å². The number of nitriles is 1. The van der Waals surface area contributed by atoms with Crippen LogP contribution in [0.3, 0.4) is 0 Å². The SMILES string of the molecule is CC[C@H](C)[C@@H](NC(=O)COC(=O)[C@@H](C)Oc1ccc(C#N)cc1)C(=O)OC. The van der Waals surface area contributed by atoms with Gasteiger partial charge in [-0.3, -0.25) is 4.79 Å². The van der Waals surface area contributed by atoms with Crippen molar-refractivity contribution < 1.29 is 28.6 Å². The number of nitrogens with one attached hydrogen (secondary N) is 1. The van der Waals surface area contributed by atoms with Crippen molar-refractivity contribution in [3.63, 3.8) is 0 Å². The van der Waals surface area contributed by atoms with Crippen LogP contribution in [0.2, 0.25) is 0 Å². The van der Waals surface area contributed by atoms with E-state index in [4.69, 9.17) is 14.7 Å². The smallest absolute Gasteiger partial charge is 0.347 e. The van der Waals surface area contributed by atoms with Crippen molar-refractivity contribution >= 4 is 17.8 Å². The zero-order chi connectivity index (χ0) is 20.4. The minimum Gasteiger partial charge on any atom is -0.479 e. The maximum absolute atomic E-state index is 12.0. The van der Waals surface area contributed by atoms with E-state index in [1.54, 1.807) is 31.2 Å². The van der Waals surface area contributed by atoms with Gasteiger partial charge < -0.3 is 19.5 Å². The van der Waals surface area contributed by atoms with Gasteiger partial charge in [-0.15, -0.1) is 0 Å². The van der Waals surface area contributed by atoms with Crippen LogP contribution >= 0.6 is 0 Å². The van der Waals surface area contributed by atoms with Crippen LogP contribution in [0.4, 0.5) is 0 Å². The molecule has 1 aromatic rings. The Labute approximate surface area is 158 Å². The molecule has 0 heterocycles. The Bertz CT molecular complexity index is 695. The predicted octanol–water partition coefficient (Wildman–Crippen LogP) is 1.57. The van der Waals surface area contributed by atoms with Gasteiger partial charge in [0.1, 0.15) is 11.8 Å². The first-order valence-electron chi connectivity index (χ1n) is 8.53. The summed E-state index contributed by atoms with van der Waals surface area (Å²) in [5.41, 5.74) is 0.468. The zero-order valence-electron chi connectivity index (χ0n) is 15.9. The summed E-state index contributed by atoms with van der Waals surface area (Å²) in [5.74, 6) is -1.62. The molecule has 1 aromatic carbocycles. The van der Waals surface area contributed by atoms with Crippen molar-refractivity contribution in [1.29, 1.82) is 5.26 Å². The van der Waals surface area contributed by atoms with E-state index in [-0.39, 0.29) is 5.92 Å². The molecule has 0 bridgehead atoms. The molecule has 0 saturated carbocycles. The molecular formula is C19H24N2O6. The quantitative estimate of drug-likeness (QED) is 0.651. The number of amides is 1. The van der Waals surface area contributed by atoms with Gasteiger partial charge in [0.05, 0.1) is 18.7 Å². The summed E-state index contributed by atoms with van der Waals surface area (Å²) in [4.78, 5) is 35.7. The van der Waals surface area contributed by atoms with E-state index in [1.165, 1.54) is 14.0 Å². The van der Waals surface area contributed by atoms with Gasteiger partial charge in [-0.2, -0.15) is 5.26 Å². The molecule has 0 fully saturated rings. The number of rotatable bonds is 9. The largest absolute Gasteiger partial charge is 0.479 e. The molecule has 3 atom stereocenters. The molecule has 8 heteroatoms. The van der Waals surface area contributed by atoms with Gasteiger partial charge in [-0.1, -0.05) is 20.3 Å². The lowest BCUT2D eigenvalue weighted by molar-refractivity contribution is -0.155. The Balaban J connectivity index is 2.52. The molecule has 1 amide bonds. The van der Waals surface area contributed by atoms with E-state index in [2.05, 4.69) is 10.1 Å². The van der Waals surface area contributed by atoms with Gasteiger partial charge in [-0.05, 0) is 37.1 Å². The Morgan fingerprint density at radius 3 is 2.30 bits per heavy atom. The van der Waals surface area contributed by atoms with Crippen molar-refractivity contribution in [3.05, 3.63) is 29.8 Å². The number of ether oxygens (including phenoxy) is 3. The van der Waals surface area contributed by atoms with E-state index in [1.807, 2.05) is 13.0 Å². The molecule has 0 aliphatic heterocycles. The number of esters is 2. The maximum Gasteiger partial charge on any atom is 0.347 e. The Morgan fingerprint density at radius 2 is 1.78 bits per heavy atom. The zero-order valence-corrected chi connectivity index (χ0v) is 15.9. The standard InChI is InChI=1S/C19H24N2O6/c1-5-12(2)17(19(24)25-4)21-16(22)11-26-18(23)13(3)27-15-8-6-14(10-20)7-9-15/h6-9,12-13,17H,5,11H2,1-4H3,(H,21,22)/t12-,13+,17+/m0/s1. The lowest BCUT2D eigenvalue weighted by Crippen LogP contribution is -2.47. The van der Waals surface area contributed by atoms with Crippen LogP contribution in [-0.4, -0.2) is 43.7 Å². The summed E-state index contributed by atoms with van der Waals surface area (Å²) in [6.07, 6.45) is -0.285. The number of carbonyl (C=O) groups excluding carboxylic acids is 3. The van der Waals surface area contributed by atoms with E-state index in [0.29, 0.717) is 17.7 Å². The summed E-state index contributed by atoms with van der Waals surface area (Å²) >= 11 is 0. The highest BCUT2D eigenvalue weighted by Crippen LogP contribution is 2.14. The maximum atomic E-state index is 12.0. The Morgan fingerprint density at radius 1 is 1.15 bits per heavy atom. The molecule has 1 rings (SSSR count). The predicted molar refractivity (Wildman–Crippen MR) is 95.6 cm³/mol. The minimum absolute atomic E-state index is 0.129.